The molecule has 2 aromatic heterocycles. The first-order valence-electron chi connectivity index (χ1n) is 8.42. The molecule has 1 amide bonds. The molecule has 0 bridgehead atoms. The molecule has 0 aliphatic rings. The first-order chi connectivity index (χ1) is 12.6. The van der Waals surface area contributed by atoms with Gasteiger partial charge in [0.05, 0.1) is 24.6 Å². The molecule has 1 atom stereocenters. The van der Waals surface area contributed by atoms with Gasteiger partial charge in [0.1, 0.15) is 11.6 Å². The minimum Gasteiger partial charge on any atom is -0.467 e. The third-order valence-electron chi connectivity index (χ3n) is 4.34. The van der Waals surface area contributed by atoms with Crippen molar-refractivity contribution in [2.45, 2.75) is 31.6 Å². The molecule has 0 saturated carbocycles. The molecule has 0 saturated heterocycles. The van der Waals surface area contributed by atoms with Gasteiger partial charge < -0.3 is 13.9 Å². The number of hydrogen-bond acceptors (Lipinski definition) is 5. The summed E-state index contributed by atoms with van der Waals surface area (Å²) in [7, 11) is 1.79. The Bertz CT molecular complexity index is 846. The van der Waals surface area contributed by atoms with Crippen LogP contribution in [0.25, 0.3) is 0 Å². The van der Waals surface area contributed by atoms with Crippen LogP contribution in [0.15, 0.2) is 58.3 Å². The van der Waals surface area contributed by atoms with Crippen LogP contribution in [-0.2, 0) is 11.3 Å². The van der Waals surface area contributed by atoms with Crippen molar-refractivity contribution in [3.63, 3.8) is 0 Å². The largest absolute Gasteiger partial charge is 0.467 e. The first kappa shape index (κ1) is 18.3. The molecule has 0 aliphatic heterocycles. The van der Waals surface area contributed by atoms with Gasteiger partial charge in [0.2, 0.25) is 5.91 Å². The van der Waals surface area contributed by atoms with Gasteiger partial charge in [-0.3, -0.25) is 4.79 Å². The normalized spacial score (nSPS) is 12.1. The van der Waals surface area contributed by atoms with Crippen molar-refractivity contribution in [2.75, 3.05) is 12.8 Å². The Morgan fingerprint density at radius 3 is 2.69 bits per heavy atom. The van der Waals surface area contributed by atoms with Gasteiger partial charge in [0.25, 0.3) is 0 Å². The average molecular weight is 370 g/mol. The van der Waals surface area contributed by atoms with Crippen molar-refractivity contribution in [1.82, 2.24) is 19.7 Å². The summed E-state index contributed by atoms with van der Waals surface area (Å²) in [5, 5.41) is 9.14. The van der Waals surface area contributed by atoms with Gasteiger partial charge >= 0.3 is 0 Å². The molecule has 0 spiro atoms. The third kappa shape index (κ3) is 4.16. The van der Waals surface area contributed by atoms with Crippen LogP contribution in [0, 0.1) is 6.92 Å². The Hall–Kier alpha value is -2.54. The van der Waals surface area contributed by atoms with Gasteiger partial charge in [0, 0.05) is 7.05 Å². The van der Waals surface area contributed by atoms with Crippen LogP contribution in [0.3, 0.4) is 0 Å². The van der Waals surface area contributed by atoms with E-state index in [1.165, 1.54) is 17.3 Å². The Labute approximate surface area is 157 Å². The second-order valence-electron chi connectivity index (χ2n) is 6.09. The maximum Gasteiger partial charge on any atom is 0.233 e. The number of nitrogens with zero attached hydrogens (tertiary/aromatic N) is 4. The lowest BCUT2D eigenvalue weighted by molar-refractivity contribution is -0.129. The lowest BCUT2D eigenvalue weighted by atomic mass is 10.2. The van der Waals surface area contributed by atoms with E-state index >= 15 is 0 Å². The Kier molecular flexibility index (Phi) is 5.78. The molecule has 0 aliphatic carbocycles. The van der Waals surface area contributed by atoms with Gasteiger partial charge in [-0.1, -0.05) is 42.1 Å². The van der Waals surface area contributed by atoms with Crippen molar-refractivity contribution in [2.24, 2.45) is 0 Å². The van der Waals surface area contributed by atoms with Crippen molar-refractivity contribution >= 4 is 17.7 Å². The summed E-state index contributed by atoms with van der Waals surface area (Å²) in [6.07, 6.45) is 1.62. The minimum absolute atomic E-state index is 0.0193. The number of rotatable bonds is 7. The zero-order valence-electron chi connectivity index (χ0n) is 15.1. The van der Waals surface area contributed by atoms with E-state index < -0.39 is 0 Å². The highest BCUT2D eigenvalue weighted by Crippen LogP contribution is 2.23. The number of furan rings is 1. The number of aromatic nitrogens is 3. The van der Waals surface area contributed by atoms with Crippen LogP contribution in [0.2, 0.25) is 0 Å². The first-order valence-corrected chi connectivity index (χ1v) is 9.40. The predicted octanol–water partition coefficient (Wildman–Crippen LogP) is 3.54. The zero-order chi connectivity index (χ0) is 18.5. The third-order valence-corrected chi connectivity index (χ3v) is 5.29. The van der Waals surface area contributed by atoms with Gasteiger partial charge in [-0.25, -0.2) is 0 Å². The fourth-order valence-corrected chi connectivity index (χ4v) is 3.49. The molecule has 3 aromatic rings. The number of thioether (sulfide) groups is 1. The molecule has 3 rings (SSSR count). The molecule has 1 aromatic carbocycles. The maximum absolute atomic E-state index is 12.5. The molecule has 1 unspecified atom stereocenters. The zero-order valence-corrected chi connectivity index (χ0v) is 15.9. The summed E-state index contributed by atoms with van der Waals surface area (Å²) < 4.78 is 7.42. The topological polar surface area (TPSA) is 64.2 Å². The van der Waals surface area contributed by atoms with Gasteiger partial charge in [-0.2, -0.15) is 0 Å². The predicted molar refractivity (Wildman–Crippen MR) is 101 cm³/mol. The number of amides is 1. The highest BCUT2D eigenvalue weighted by atomic mass is 32.2. The highest BCUT2D eigenvalue weighted by molar-refractivity contribution is 7.99. The molecule has 0 fully saturated rings. The fourth-order valence-electron chi connectivity index (χ4n) is 2.58. The summed E-state index contributed by atoms with van der Waals surface area (Å²) in [6.45, 7) is 4.56. The summed E-state index contributed by atoms with van der Waals surface area (Å²) in [5.41, 5.74) is 1.17. The van der Waals surface area contributed by atoms with Gasteiger partial charge in [-0.15, -0.1) is 10.2 Å². The smallest absolute Gasteiger partial charge is 0.233 e. The van der Waals surface area contributed by atoms with Crippen molar-refractivity contribution in [3.05, 3.63) is 65.9 Å². The second kappa shape index (κ2) is 8.23. The molecular formula is C19H22N4O2S. The second-order valence-corrected chi connectivity index (χ2v) is 7.03. The van der Waals surface area contributed by atoms with Crippen LogP contribution in [0.5, 0.6) is 0 Å². The van der Waals surface area contributed by atoms with E-state index in [9.17, 15) is 4.79 Å². The Morgan fingerprint density at radius 1 is 1.23 bits per heavy atom. The maximum atomic E-state index is 12.5. The highest BCUT2D eigenvalue weighted by Gasteiger charge is 2.20. The van der Waals surface area contributed by atoms with E-state index in [0.717, 1.165) is 16.7 Å². The lowest BCUT2D eigenvalue weighted by Gasteiger charge is -2.23. The number of aryl methyl sites for hydroxylation is 1. The van der Waals surface area contributed by atoms with Gasteiger partial charge in [0.15, 0.2) is 5.16 Å². The van der Waals surface area contributed by atoms with Crippen molar-refractivity contribution in [3.8, 4) is 0 Å². The number of carbonyl (C=O) groups excluding carboxylic acids is 1. The van der Waals surface area contributed by atoms with E-state index in [-0.39, 0.29) is 11.9 Å². The molecular weight excluding hydrogens is 348 g/mol. The monoisotopic (exact) mass is 370 g/mol. The molecule has 0 N–H and O–H groups in total. The quantitative estimate of drug-likeness (QED) is 0.595. The summed E-state index contributed by atoms with van der Waals surface area (Å²) in [4.78, 5) is 14.2. The average Bonchev–Trinajstić information content (AvgIpc) is 3.31. The summed E-state index contributed by atoms with van der Waals surface area (Å²) in [6, 6.07) is 13.7. The number of hydrogen-bond donors (Lipinski definition) is 0. The van der Waals surface area contributed by atoms with E-state index in [1.807, 2.05) is 48.7 Å². The van der Waals surface area contributed by atoms with Crippen LogP contribution in [0.1, 0.15) is 30.1 Å². The van der Waals surface area contributed by atoms with E-state index in [1.54, 1.807) is 18.2 Å². The standard InChI is InChI=1S/C19H22N4O2S/c1-14(17-10-7-11-25-17)22(3)18(24)13-26-19-21-20-15(2)23(19)12-16-8-5-4-6-9-16/h4-11,14H,12-13H2,1-3H3. The van der Waals surface area contributed by atoms with E-state index in [0.29, 0.717) is 12.3 Å². The Morgan fingerprint density at radius 2 is 2.00 bits per heavy atom. The van der Waals surface area contributed by atoms with E-state index in [4.69, 9.17) is 4.42 Å². The van der Waals surface area contributed by atoms with Crippen LogP contribution < -0.4 is 0 Å². The number of benzene rings is 1. The number of carbonyl (C=O) groups is 1. The van der Waals surface area contributed by atoms with Crippen LogP contribution >= 0.6 is 11.8 Å². The van der Waals surface area contributed by atoms with Gasteiger partial charge in [-0.05, 0) is 31.5 Å². The molecule has 7 heteroatoms. The fraction of sp³-hybridized carbons (Fsp3) is 0.316. The van der Waals surface area contributed by atoms with Crippen LogP contribution in [0.4, 0.5) is 0 Å². The van der Waals surface area contributed by atoms with Crippen molar-refractivity contribution in [1.29, 1.82) is 0 Å². The van der Waals surface area contributed by atoms with E-state index in [2.05, 4.69) is 22.3 Å². The molecule has 136 valence electrons. The summed E-state index contributed by atoms with van der Waals surface area (Å²) in [5.74, 6) is 1.93. The molecule has 2 heterocycles. The van der Waals surface area contributed by atoms with Crippen LogP contribution in [-0.4, -0.2) is 38.4 Å². The SMILES string of the molecule is Cc1nnc(SCC(=O)N(C)C(C)c2ccco2)n1Cc1ccccc1. The summed E-state index contributed by atoms with van der Waals surface area (Å²) >= 11 is 1.41. The molecule has 6 nitrogen and oxygen atoms in total. The van der Waals surface area contributed by atoms with Crippen molar-refractivity contribution < 1.29 is 9.21 Å². The molecule has 0 radical (unpaired) electrons. The Balaban J connectivity index is 1.63. The minimum atomic E-state index is -0.109. The lowest BCUT2D eigenvalue weighted by Crippen LogP contribution is -2.31. The molecule has 26 heavy (non-hydrogen) atoms.